The van der Waals surface area contributed by atoms with Gasteiger partial charge in [0.15, 0.2) is 0 Å². The molecule has 1 saturated heterocycles. The van der Waals surface area contributed by atoms with E-state index >= 15 is 0 Å². The fourth-order valence-corrected chi connectivity index (χ4v) is 4.26. The van der Waals surface area contributed by atoms with Gasteiger partial charge in [-0.05, 0) is 30.9 Å². The van der Waals surface area contributed by atoms with Crippen LogP contribution in [0.3, 0.4) is 0 Å². The molecule has 1 fully saturated rings. The van der Waals surface area contributed by atoms with Gasteiger partial charge in [0.1, 0.15) is 0 Å². The van der Waals surface area contributed by atoms with Crippen LogP contribution < -0.4 is 5.73 Å². The largest absolute Gasteiger partial charge is 0.320 e. The number of piperidine rings is 1. The highest BCUT2D eigenvalue weighted by Crippen LogP contribution is 2.26. The molecule has 0 saturated carbocycles. The minimum absolute atomic E-state index is 0.219. The van der Waals surface area contributed by atoms with Crippen molar-refractivity contribution in [2.75, 3.05) is 19.6 Å². The zero-order chi connectivity index (χ0) is 15.3. The van der Waals surface area contributed by atoms with Gasteiger partial charge < -0.3 is 5.73 Å². The lowest BCUT2D eigenvalue weighted by molar-refractivity contribution is 0.269. The van der Waals surface area contributed by atoms with Gasteiger partial charge in [-0.25, -0.2) is 8.42 Å². The van der Waals surface area contributed by atoms with E-state index in [1.807, 2.05) is 0 Å². The molecule has 21 heavy (non-hydrogen) atoms. The molecule has 0 spiro atoms. The van der Waals surface area contributed by atoms with Crippen LogP contribution in [0.4, 0.5) is 0 Å². The Morgan fingerprint density at radius 3 is 2.57 bits per heavy atom. The molecule has 0 radical (unpaired) electrons. The summed E-state index contributed by atoms with van der Waals surface area (Å²) in [6, 6.07) is 6.89. The first-order valence-corrected chi connectivity index (χ1v) is 8.81. The van der Waals surface area contributed by atoms with E-state index in [2.05, 4.69) is 18.8 Å². The Labute approximate surface area is 127 Å². The maximum absolute atomic E-state index is 12.8. The molecule has 114 valence electrons. The lowest BCUT2D eigenvalue weighted by Gasteiger charge is -2.30. The third-order valence-corrected chi connectivity index (χ3v) is 5.94. The second-order valence-electron chi connectivity index (χ2n) is 5.26. The van der Waals surface area contributed by atoms with Crippen molar-refractivity contribution in [1.29, 1.82) is 0 Å². The SMILES string of the molecule is CCC1CCN(S(=O)(=O)c2ccccc2C#CCN)CC1. The fraction of sp³-hybridized carbons (Fsp3) is 0.500. The number of hydrogen-bond donors (Lipinski definition) is 1. The van der Waals surface area contributed by atoms with Crippen molar-refractivity contribution in [2.24, 2.45) is 11.7 Å². The Bertz CT molecular complexity index is 636. The second kappa shape index (κ2) is 7.08. The minimum Gasteiger partial charge on any atom is -0.320 e. The van der Waals surface area contributed by atoms with Crippen molar-refractivity contribution in [3.63, 3.8) is 0 Å². The van der Waals surface area contributed by atoms with Crippen molar-refractivity contribution in [3.05, 3.63) is 29.8 Å². The quantitative estimate of drug-likeness (QED) is 0.866. The molecule has 0 amide bonds. The molecule has 2 N–H and O–H groups in total. The van der Waals surface area contributed by atoms with Gasteiger partial charge in [-0.15, -0.1) is 0 Å². The third-order valence-electron chi connectivity index (χ3n) is 3.98. The summed E-state index contributed by atoms with van der Waals surface area (Å²) in [7, 11) is -3.46. The molecule has 4 nitrogen and oxygen atoms in total. The molecule has 0 aliphatic carbocycles. The van der Waals surface area contributed by atoms with Gasteiger partial charge in [0.25, 0.3) is 0 Å². The third kappa shape index (κ3) is 3.65. The predicted molar refractivity (Wildman–Crippen MR) is 84.1 cm³/mol. The first-order chi connectivity index (χ1) is 10.1. The molecule has 0 atom stereocenters. The summed E-state index contributed by atoms with van der Waals surface area (Å²) in [4.78, 5) is 0.292. The van der Waals surface area contributed by atoms with E-state index in [9.17, 15) is 8.42 Å². The molecular formula is C16H22N2O2S. The molecule has 1 aromatic rings. The molecule has 1 aliphatic heterocycles. The van der Waals surface area contributed by atoms with Crippen molar-refractivity contribution < 1.29 is 8.42 Å². The summed E-state index contributed by atoms with van der Waals surface area (Å²) in [5.41, 5.74) is 5.90. The Balaban J connectivity index is 2.28. The van der Waals surface area contributed by atoms with Gasteiger partial charge in [-0.2, -0.15) is 4.31 Å². The summed E-state index contributed by atoms with van der Waals surface area (Å²) in [6.45, 7) is 3.57. The Kier molecular flexibility index (Phi) is 5.40. The van der Waals surface area contributed by atoms with Crippen LogP contribution in [-0.2, 0) is 10.0 Å². The summed E-state index contributed by atoms with van der Waals surface area (Å²) in [6.07, 6.45) is 2.99. The number of nitrogens with two attached hydrogens (primary N) is 1. The lowest BCUT2D eigenvalue weighted by Crippen LogP contribution is -2.38. The Morgan fingerprint density at radius 1 is 1.29 bits per heavy atom. The van der Waals surface area contributed by atoms with E-state index in [4.69, 9.17) is 5.73 Å². The van der Waals surface area contributed by atoms with E-state index in [-0.39, 0.29) is 6.54 Å². The standard InChI is InChI=1S/C16H22N2O2S/c1-2-14-9-12-18(13-10-14)21(19,20)16-8-4-3-6-15(16)7-5-11-17/h3-4,6,8,14H,2,9-13,17H2,1H3. The molecule has 1 aromatic carbocycles. The predicted octanol–water partition coefficient (Wildman–Crippen LogP) is 1.81. The van der Waals surface area contributed by atoms with Gasteiger partial charge in [-0.3, -0.25) is 0 Å². The van der Waals surface area contributed by atoms with Crippen LogP contribution in [0.5, 0.6) is 0 Å². The molecule has 2 rings (SSSR count). The van der Waals surface area contributed by atoms with E-state index in [0.717, 1.165) is 19.3 Å². The van der Waals surface area contributed by atoms with Crippen molar-refractivity contribution in [3.8, 4) is 11.8 Å². The van der Waals surface area contributed by atoms with Gasteiger partial charge >= 0.3 is 0 Å². The van der Waals surface area contributed by atoms with Crippen LogP contribution in [0.2, 0.25) is 0 Å². The number of benzene rings is 1. The van der Waals surface area contributed by atoms with E-state index in [1.165, 1.54) is 0 Å². The van der Waals surface area contributed by atoms with Crippen LogP contribution in [0.25, 0.3) is 0 Å². The van der Waals surface area contributed by atoms with Crippen molar-refractivity contribution >= 4 is 10.0 Å². The van der Waals surface area contributed by atoms with Crippen LogP contribution >= 0.6 is 0 Å². The van der Waals surface area contributed by atoms with Gasteiger partial charge in [-0.1, -0.05) is 37.3 Å². The number of rotatable bonds is 3. The van der Waals surface area contributed by atoms with Crippen LogP contribution in [0, 0.1) is 17.8 Å². The van der Waals surface area contributed by atoms with E-state index < -0.39 is 10.0 Å². The Morgan fingerprint density at radius 2 is 1.95 bits per heavy atom. The van der Waals surface area contributed by atoms with Crippen LogP contribution in [0.15, 0.2) is 29.2 Å². The fourth-order valence-electron chi connectivity index (χ4n) is 2.64. The second-order valence-corrected chi connectivity index (χ2v) is 7.16. The van der Waals surface area contributed by atoms with Gasteiger partial charge in [0.05, 0.1) is 11.4 Å². The average molecular weight is 306 g/mol. The molecule has 1 aliphatic rings. The van der Waals surface area contributed by atoms with E-state index in [0.29, 0.717) is 29.5 Å². The van der Waals surface area contributed by atoms with Crippen molar-refractivity contribution in [2.45, 2.75) is 31.1 Å². The smallest absolute Gasteiger partial charge is 0.244 e. The first kappa shape index (κ1) is 16.0. The van der Waals surface area contributed by atoms with Gasteiger partial charge in [0, 0.05) is 18.7 Å². The minimum atomic E-state index is -3.46. The summed E-state index contributed by atoms with van der Waals surface area (Å²) >= 11 is 0. The van der Waals surface area contributed by atoms with Gasteiger partial charge in [0.2, 0.25) is 10.0 Å². The number of hydrogen-bond acceptors (Lipinski definition) is 3. The monoisotopic (exact) mass is 306 g/mol. The van der Waals surface area contributed by atoms with Crippen LogP contribution in [-0.4, -0.2) is 32.4 Å². The zero-order valence-electron chi connectivity index (χ0n) is 12.4. The van der Waals surface area contributed by atoms with Crippen LogP contribution in [0.1, 0.15) is 31.7 Å². The highest BCUT2D eigenvalue weighted by Gasteiger charge is 2.30. The summed E-state index contributed by atoms with van der Waals surface area (Å²) < 4.78 is 27.2. The molecule has 0 unspecified atom stereocenters. The number of sulfonamides is 1. The molecule has 5 heteroatoms. The zero-order valence-corrected chi connectivity index (χ0v) is 13.2. The average Bonchev–Trinajstić information content (AvgIpc) is 2.53. The normalized spacial score (nSPS) is 17.2. The summed E-state index contributed by atoms with van der Waals surface area (Å²) in [5, 5.41) is 0. The molecule has 1 heterocycles. The first-order valence-electron chi connectivity index (χ1n) is 7.37. The topological polar surface area (TPSA) is 63.4 Å². The maximum Gasteiger partial charge on any atom is 0.244 e. The highest BCUT2D eigenvalue weighted by molar-refractivity contribution is 7.89. The Hall–Kier alpha value is -1.35. The lowest BCUT2D eigenvalue weighted by atomic mass is 9.96. The molecular weight excluding hydrogens is 284 g/mol. The van der Waals surface area contributed by atoms with E-state index in [1.54, 1.807) is 28.6 Å². The number of nitrogens with zero attached hydrogens (tertiary/aromatic N) is 1. The summed E-state index contributed by atoms with van der Waals surface area (Å²) in [5.74, 6) is 6.23. The molecule has 0 aromatic heterocycles. The molecule has 0 bridgehead atoms. The highest BCUT2D eigenvalue weighted by atomic mass is 32.2. The maximum atomic E-state index is 12.8. The van der Waals surface area contributed by atoms with Crippen molar-refractivity contribution in [1.82, 2.24) is 4.31 Å².